The number of hydrogen-bond donors (Lipinski definition) is 2. The summed E-state index contributed by atoms with van der Waals surface area (Å²) < 4.78 is 6.48. The molecule has 1 fully saturated rings. The summed E-state index contributed by atoms with van der Waals surface area (Å²) in [5.41, 5.74) is 6.00. The third kappa shape index (κ3) is 4.73. The average molecular weight is 454 g/mol. The van der Waals surface area contributed by atoms with Crippen molar-refractivity contribution in [2.24, 2.45) is 0 Å². The van der Waals surface area contributed by atoms with Gasteiger partial charge in [0.25, 0.3) is 0 Å². The molecular weight excluding hydrogens is 422 g/mol. The summed E-state index contributed by atoms with van der Waals surface area (Å²) in [5, 5.41) is 20.2. The van der Waals surface area contributed by atoms with Crippen LogP contribution in [0.25, 0.3) is 17.2 Å². The molecule has 0 aliphatic carbocycles. The minimum atomic E-state index is -0.315. The summed E-state index contributed by atoms with van der Waals surface area (Å²) in [4.78, 5) is 2.51. The quantitative estimate of drug-likeness (QED) is 0.453. The zero-order valence-corrected chi connectivity index (χ0v) is 19.6. The van der Waals surface area contributed by atoms with Gasteiger partial charge in [-0.3, -0.25) is 4.90 Å². The highest BCUT2D eigenvalue weighted by Gasteiger charge is 2.29. The lowest BCUT2D eigenvalue weighted by Gasteiger charge is -2.31. The number of phenols is 2. The monoisotopic (exact) mass is 453 g/mol. The fraction of sp³-hybridized carbons (Fsp3) is 0.267. The van der Waals surface area contributed by atoms with Gasteiger partial charge >= 0.3 is 0 Å². The van der Waals surface area contributed by atoms with Gasteiger partial charge in [0.2, 0.25) is 0 Å². The topological polar surface area (TPSA) is 52.9 Å². The first-order chi connectivity index (χ1) is 16.6. The predicted octanol–water partition coefficient (Wildman–Crippen LogP) is 6.66. The van der Waals surface area contributed by atoms with Crippen LogP contribution >= 0.6 is 0 Å². The van der Waals surface area contributed by atoms with Crippen LogP contribution in [0.4, 0.5) is 0 Å². The van der Waals surface area contributed by atoms with E-state index < -0.39 is 0 Å². The van der Waals surface area contributed by atoms with Crippen LogP contribution in [0.5, 0.6) is 17.2 Å². The maximum absolute atomic E-state index is 10.1. The van der Waals surface area contributed by atoms with Crippen molar-refractivity contribution in [1.29, 1.82) is 0 Å². The van der Waals surface area contributed by atoms with Crippen molar-refractivity contribution in [2.75, 3.05) is 19.6 Å². The van der Waals surface area contributed by atoms with Gasteiger partial charge in [-0.25, -0.2) is 0 Å². The SMILES string of the molecule is CC1=C(c2cccc(O)c2)C(c2ccc(/C=C/CN3CCCCC3)cc2)Oc2ccc(O)cc21. The zero-order valence-electron chi connectivity index (χ0n) is 19.6. The number of nitrogens with zero attached hydrogens (tertiary/aromatic N) is 1. The van der Waals surface area contributed by atoms with Crippen molar-refractivity contribution in [3.63, 3.8) is 0 Å². The molecule has 5 rings (SSSR count). The summed E-state index contributed by atoms with van der Waals surface area (Å²) in [6.45, 7) is 5.45. The standard InChI is InChI=1S/C30H31NO3/c1-21-27-20-26(33)14-15-28(27)34-30(29(21)24-8-5-9-25(32)19-24)23-12-10-22(11-13-23)7-6-18-31-16-3-2-4-17-31/h5-15,19-20,30,32-33H,2-4,16-18H2,1H3/b7-6+. The number of hydrogen-bond acceptors (Lipinski definition) is 4. The van der Waals surface area contributed by atoms with Crippen LogP contribution < -0.4 is 4.74 Å². The Balaban J connectivity index is 1.44. The second kappa shape index (κ2) is 9.78. The molecule has 0 aromatic heterocycles. The highest BCUT2D eigenvalue weighted by Crippen LogP contribution is 2.47. The number of allylic oxidation sites excluding steroid dienone is 1. The normalized spacial score (nSPS) is 18.7. The number of rotatable bonds is 5. The molecule has 3 aromatic rings. The maximum Gasteiger partial charge on any atom is 0.150 e. The van der Waals surface area contributed by atoms with Crippen LogP contribution in [0.15, 0.2) is 72.8 Å². The molecule has 2 N–H and O–H groups in total. The summed E-state index contributed by atoms with van der Waals surface area (Å²) in [7, 11) is 0. The van der Waals surface area contributed by atoms with E-state index in [2.05, 4.69) is 41.3 Å². The molecule has 0 bridgehead atoms. The van der Waals surface area contributed by atoms with Crippen molar-refractivity contribution in [3.8, 4) is 17.2 Å². The number of benzene rings is 3. The molecule has 2 aliphatic rings. The van der Waals surface area contributed by atoms with Crippen molar-refractivity contribution >= 4 is 17.2 Å². The van der Waals surface area contributed by atoms with E-state index in [-0.39, 0.29) is 17.6 Å². The summed E-state index contributed by atoms with van der Waals surface area (Å²) >= 11 is 0. The third-order valence-corrected chi connectivity index (χ3v) is 6.80. The van der Waals surface area contributed by atoms with E-state index in [0.717, 1.165) is 40.1 Å². The molecule has 4 nitrogen and oxygen atoms in total. The second-order valence-electron chi connectivity index (χ2n) is 9.20. The van der Waals surface area contributed by atoms with Crippen LogP contribution in [-0.4, -0.2) is 34.7 Å². The van der Waals surface area contributed by atoms with Crippen LogP contribution in [0.2, 0.25) is 0 Å². The van der Waals surface area contributed by atoms with Crippen molar-refractivity contribution in [1.82, 2.24) is 4.90 Å². The molecule has 0 saturated carbocycles. The third-order valence-electron chi connectivity index (χ3n) is 6.80. The number of aromatic hydroxyl groups is 2. The number of fused-ring (bicyclic) bond motifs is 1. The molecule has 1 unspecified atom stereocenters. The number of phenolic OH excluding ortho intramolecular Hbond substituents is 2. The molecule has 0 spiro atoms. The molecule has 3 aromatic carbocycles. The van der Waals surface area contributed by atoms with Gasteiger partial charge in [-0.15, -0.1) is 0 Å². The van der Waals surface area contributed by atoms with Gasteiger partial charge in [0.1, 0.15) is 23.4 Å². The van der Waals surface area contributed by atoms with Crippen molar-refractivity contribution < 1.29 is 14.9 Å². The fourth-order valence-electron chi connectivity index (χ4n) is 4.98. The number of piperidine rings is 1. The van der Waals surface area contributed by atoms with E-state index in [1.165, 1.54) is 37.9 Å². The minimum Gasteiger partial charge on any atom is -0.508 e. The van der Waals surface area contributed by atoms with Gasteiger partial charge in [-0.1, -0.05) is 55.0 Å². The Morgan fingerprint density at radius 3 is 2.44 bits per heavy atom. The van der Waals surface area contributed by atoms with Gasteiger partial charge in [-0.05, 0) is 85.5 Å². The molecule has 34 heavy (non-hydrogen) atoms. The Kier molecular flexibility index (Phi) is 6.41. The van der Waals surface area contributed by atoms with E-state index in [0.29, 0.717) is 0 Å². The van der Waals surface area contributed by atoms with E-state index in [9.17, 15) is 10.2 Å². The Morgan fingerprint density at radius 1 is 0.912 bits per heavy atom. The summed E-state index contributed by atoms with van der Waals surface area (Å²) in [6, 6.07) is 21.0. The molecule has 0 radical (unpaired) electrons. The molecule has 2 aliphatic heterocycles. The molecule has 0 amide bonds. The van der Waals surface area contributed by atoms with Crippen molar-refractivity contribution in [2.45, 2.75) is 32.3 Å². The van der Waals surface area contributed by atoms with Gasteiger partial charge in [0.15, 0.2) is 0 Å². The molecule has 1 saturated heterocycles. The van der Waals surface area contributed by atoms with Crippen molar-refractivity contribution in [3.05, 3.63) is 95.1 Å². The number of likely N-dealkylation sites (tertiary alicyclic amines) is 1. The average Bonchev–Trinajstić information content (AvgIpc) is 2.85. The molecule has 4 heteroatoms. The first-order valence-electron chi connectivity index (χ1n) is 12.1. The van der Waals surface area contributed by atoms with E-state index in [1.54, 1.807) is 24.3 Å². The van der Waals surface area contributed by atoms with Crippen LogP contribution in [-0.2, 0) is 0 Å². The predicted molar refractivity (Wildman–Crippen MR) is 138 cm³/mol. The summed E-state index contributed by atoms with van der Waals surface area (Å²) in [5.74, 6) is 1.17. The lowest BCUT2D eigenvalue weighted by Crippen LogP contribution is -2.29. The van der Waals surface area contributed by atoms with Gasteiger partial charge in [0.05, 0.1) is 0 Å². The Bertz CT molecular complexity index is 1220. The first-order valence-corrected chi connectivity index (χ1v) is 12.1. The van der Waals surface area contributed by atoms with E-state index in [4.69, 9.17) is 4.74 Å². The summed E-state index contributed by atoms with van der Waals surface area (Å²) in [6.07, 6.45) is 8.10. The highest BCUT2D eigenvalue weighted by molar-refractivity contribution is 5.95. The first kappa shape index (κ1) is 22.3. The minimum absolute atomic E-state index is 0.205. The van der Waals surface area contributed by atoms with Gasteiger partial charge < -0.3 is 14.9 Å². The van der Waals surface area contributed by atoms with E-state index in [1.807, 2.05) is 25.1 Å². The highest BCUT2D eigenvalue weighted by atomic mass is 16.5. The van der Waals surface area contributed by atoms with Gasteiger partial charge in [-0.2, -0.15) is 0 Å². The van der Waals surface area contributed by atoms with Crippen LogP contribution in [0.3, 0.4) is 0 Å². The Morgan fingerprint density at radius 2 is 1.68 bits per heavy atom. The van der Waals surface area contributed by atoms with Gasteiger partial charge in [0, 0.05) is 17.7 Å². The van der Waals surface area contributed by atoms with Crippen LogP contribution in [0, 0.1) is 0 Å². The Labute approximate surface area is 201 Å². The molecule has 2 heterocycles. The maximum atomic E-state index is 10.1. The Hall–Kier alpha value is -3.50. The molecular formula is C30H31NO3. The smallest absolute Gasteiger partial charge is 0.150 e. The zero-order chi connectivity index (χ0) is 23.5. The lowest BCUT2D eigenvalue weighted by molar-refractivity contribution is 0.252. The molecule has 1 atom stereocenters. The number of ether oxygens (including phenoxy) is 1. The second-order valence-corrected chi connectivity index (χ2v) is 9.20. The lowest BCUT2D eigenvalue weighted by atomic mass is 9.86. The van der Waals surface area contributed by atoms with E-state index >= 15 is 0 Å². The largest absolute Gasteiger partial charge is 0.508 e. The fourth-order valence-corrected chi connectivity index (χ4v) is 4.98. The van der Waals surface area contributed by atoms with Crippen LogP contribution in [0.1, 0.15) is 54.5 Å². The molecule has 174 valence electrons.